The standard InChI is InChI=1S/C6H3ClF2N2O5S/c7-17(15,16)4-3(5(8)9)2(11(13)14)1-10-6(4)12/h1,5H,(H,10,12). The molecule has 0 saturated carbocycles. The first-order valence-corrected chi connectivity index (χ1v) is 6.10. The Morgan fingerprint density at radius 3 is 2.35 bits per heavy atom. The van der Waals surface area contributed by atoms with E-state index in [9.17, 15) is 32.1 Å². The van der Waals surface area contributed by atoms with Gasteiger partial charge >= 0.3 is 0 Å². The second-order valence-electron chi connectivity index (χ2n) is 2.74. The Kier molecular flexibility index (Phi) is 3.48. The van der Waals surface area contributed by atoms with E-state index in [1.54, 1.807) is 4.98 Å². The van der Waals surface area contributed by atoms with E-state index >= 15 is 0 Å². The number of halogens is 3. The Morgan fingerprint density at radius 1 is 1.47 bits per heavy atom. The fraction of sp³-hybridized carbons (Fsp3) is 0.167. The maximum Gasteiger partial charge on any atom is 0.295 e. The van der Waals surface area contributed by atoms with Gasteiger partial charge in [0, 0.05) is 10.7 Å². The van der Waals surface area contributed by atoms with Gasteiger partial charge in [-0.15, -0.1) is 0 Å². The van der Waals surface area contributed by atoms with E-state index in [1.165, 1.54) is 0 Å². The van der Waals surface area contributed by atoms with Crippen LogP contribution in [0.4, 0.5) is 14.5 Å². The minimum atomic E-state index is -4.82. The molecule has 0 fully saturated rings. The Labute approximate surface area is 96.6 Å². The Bertz CT molecular complexity index is 626. The summed E-state index contributed by atoms with van der Waals surface area (Å²) in [6.07, 6.45) is -3.14. The molecule has 0 amide bonds. The van der Waals surface area contributed by atoms with Crippen LogP contribution in [0.3, 0.4) is 0 Å². The lowest BCUT2D eigenvalue weighted by molar-refractivity contribution is -0.386. The molecule has 1 aromatic heterocycles. The third-order valence-electron chi connectivity index (χ3n) is 1.73. The summed E-state index contributed by atoms with van der Waals surface area (Å²) in [5, 5.41) is 10.4. The molecular formula is C6H3ClF2N2O5S. The molecule has 7 nitrogen and oxygen atoms in total. The number of hydrogen-bond donors (Lipinski definition) is 1. The van der Waals surface area contributed by atoms with Crippen LogP contribution in [0.15, 0.2) is 15.9 Å². The summed E-state index contributed by atoms with van der Waals surface area (Å²) in [5.41, 5.74) is -4.19. The van der Waals surface area contributed by atoms with Crippen molar-refractivity contribution in [2.24, 2.45) is 0 Å². The maximum atomic E-state index is 12.6. The van der Waals surface area contributed by atoms with Crippen LogP contribution in [-0.2, 0) is 9.05 Å². The molecule has 0 radical (unpaired) electrons. The lowest BCUT2D eigenvalue weighted by Gasteiger charge is -2.05. The zero-order valence-electron chi connectivity index (χ0n) is 7.69. The lowest BCUT2D eigenvalue weighted by Crippen LogP contribution is -2.19. The number of nitrogens with one attached hydrogen (secondary N) is 1. The Balaban J connectivity index is 3.87. The molecule has 0 spiro atoms. The number of nitro groups is 1. The number of alkyl halides is 2. The average Bonchev–Trinajstić information content (AvgIpc) is 2.14. The van der Waals surface area contributed by atoms with E-state index in [1.807, 2.05) is 0 Å². The molecule has 0 saturated heterocycles. The molecule has 0 bridgehead atoms. The molecule has 1 N–H and O–H groups in total. The van der Waals surface area contributed by atoms with Gasteiger partial charge < -0.3 is 4.98 Å². The molecule has 0 aromatic carbocycles. The molecule has 1 heterocycles. The lowest BCUT2D eigenvalue weighted by atomic mass is 10.2. The van der Waals surface area contributed by atoms with Crippen LogP contribution in [0.5, 0.6) is 0 Å². The van der Waals surface area contributed by atoms with Gasteiger partial charge in [-0.2, -0.15) is 0 Å². The second kappa shape index (κ2) is 4.37. The summed E-state index contributed by atoms with van der Waals surface area (Å²) >= 11 is 0. The highest BCUT2D eigenvalue weighted by atomic mass is 35.7. The number of pyridine rings is 1. The summed E-state index contributed by atoms with van der Waals surface area (Å²) in [6.45, 7) is 0. The maximum absolute atomic E-state index is 12.6. The average molecular weight is 289 g/mol. The monoisotopic (exact) mass is 288 g/mol. The highest BCUT2D eigenvalue weighted by Crippen LogP contribution is 2.32. The Morgan fingerprint density at radius 2 is 2.00 bits per heavy atom. The van der Waals surface area contributed by atoms with Gasteiger partial charge in [-0.3, -0.25) is 14.9 Å². The van der Waals surface area contributed by atoms with E-state index in [0.717, 1.165) is 0 Å². The molecule has 0 atom stereocenters. The zero-order chi connectivity index (χ0) is 13.4. The van der Waals surface area contributed by atoms with Crippen molar-refractivity contribution < 1.29 is 22.1 Å². The van der Waals surface area contributed by atoms with Gasteiger partial charge in [0.1, 0.15) is 5.56 Å². The normalized spacial score (nSPS) is 11.8. The highest BCUT2D eigenvalue weighted by molar-refractivity contribution is 8.13. The largest absolute Gasteiger partial charge is 0.322 e. The molecule has 1 aromatic rings. The summed E-state index contributed by atoms with van der Waals surface area (Å²) in [5.74, 6) is 0. The van der Waals surface area contributed by atoms with E-state index in [2.05, 4.69) is 0 Å². The molecule has 11 heteroatoms. The molecule has 17 heavy (non-hydrogen) atoms. The molecule has 0 unspecified atom stereocenters. The first-order valence-electron chi connectivity index (χ1n) is 3.79. The third kappa shape index (κ3) is 2.58. The van der Waals surface area contributed by atoms with Crippen molar-refractivity contribution in [1.82, 2.24) is 4.98 Å². The summed E-state index contributed by atoms with van der Waals surface area (Å²) in [6, 6.07) is 0. The van der Waals surface area contributed by atoms with Crippen LogP contribution in [0, 0.1) is 10.1 Å². The predicted octanol–water partition coefficient (Wildman–Crippen LogP) is 1.15. The number of aromatic nitrogens is 1. The first-order chi connectivity index (χ1) is 7.66. The number of H-pyrrole nitrogens is 1. The van der Waals surface area contributed by atoms with Crippen molar-refractivity contribution in [3.8, 4) is 0 Å². The summed E-state index contributed by atoms with van der Waals surface area (Å²) < 4.78 is 47.0. The highest BCUT2D eigenvalue weighted by Gasteiger charge is 2.33. The van der Waals surface area contributed by atoms with Crippen molar-refractivity contribution in [2.75, 3.05) is 0 Å². The van der Waals surface area contributed by atoms with Crippen LogP contribution in [0.25, 0.3) is 0 Å². The molecule has 0 aliphatic heterocycles. The molecule has 0 aliphatic carbocycles. The van der Waals surface area contributed by atoms with Crippen LogP contribution >= 0.6 is 10.7 Å². The van der Waals surface area contributed by atoms with Gasteiger partial charge in [-0.25, -0.2) is 17.2 Å². The molecule has 0 aliphatic rings. The van der Waals surface area contributed by atoms with Crippen molar-refractivity contribution in [1.29, 1.82) is 0 Å². The number of hydrogen-bond acceptors (Lipinski definition) is 5. The summed E-state index contributed by atoms with van der Waals surface area (Å²) in [4.78, 5) is 20.4. The Hall–Kier alpha value is -1.55. The van der Waals surface area contributed by atoms with Crippen molar-refractivity contribution in [3.63, 3.8) is 0 Å². The van der Waals surface area contributed by atoms with E-state index in [-0.39, 0.29) is 0 Å². The third-order valence-corrected chi connectivity index (χ3v) is 3.08. The number of nitrogens with zero attached hydrogens (tertiary/aromatic N) is 1. The smallest absolute Gasteiger partial charge is 0.295 e. The van der Waals surface area contributed by atoms with Crippen molar-refractivity contribution >= 4 is 25.4 Å². The van der Waals surface area contributed by atoms with Crippen LogP contribution in [0.1, 0.15) is 12.0 Å². The van der Waals surface area contributed by atoms with Gasteiger partial charge in [0.2, 0.25) is 0 Å². The second-order valence-corrected chi connectivity index (χ2v) is 5.24. The minimum absolute atomic E-state index is 0.384. The molecular weight excluding hydrogens is 286 g/mol. The SMILES string of the molecule is O=c1[nH]cc([N+](=O)[O-])c(C(F)F)c1S(=O)(=O)Cl. The number of rotatable bonds is 3. The summed E-state index contributed by atoms with van der Waals surface area (Å²) in [7, 11) is -0.0352. The van der Waals surface area contributed by atoms with E-state index in [0.29, 0.717) is 6.20 Å². The minimum Gasteiger partial charge on any atom is -0.322 e. The fourth-order valence-electron chi connectivity index (χ4n) is 1.12. The van der Waals surface area contributed by atoms with Gasteiger partial charge in [0.15, 0.2) is 4.90 Å². The number of aromatic amines is 1. The fourth-order valence-corrected chi connectivity index (χ4v) is 2.32. The zero-order valence-corrected chi connectivity index (χ0v) is 9.26. The van der Waals surface area contributed by atoms with Gasteiger partial charge in [-0.1, -0.05) is 0 Å². The predicted molar refractivity (Wildman–Crippen MR) is 51.7 cm³/mol. The van der Waals surface area contributed by atoms with E-state index < -0.39 is 42.1 Å². The quantitative estimate of drug-likeness (QED) is 0.509. The van der Waals surface area contributed by atoms with Crippen molar-refractivity contribution in [2.45, 2.75) is 11.3 Å². The van der Waals surface area contributed by atoms with Crippen LogP contribution in [-0.4, -0.2) is 18.3 Å². The van der Waals surface area contributed by atoms with Gasteiger partial charge in [0.05, 0.1) is 11.1 Å². The van der Waals surface area contributed by atoms with Gasteiger partial charge in [0.25, 0.3) is 26.7 Å². The van der Waals surface area contributed by atoms with E-state index in [4.69, 9.17) is 10.7 Å². The van der Waals surface area contributed by atoms with Crippen molar-refractivity contribution in [3.05, 3.63) is 32.2 Å². The van der Waals surface area contributed by atoms with Crippen LogP contribution in [0.2, 0.25) is 0 Å². The van der Waals surface area contributed by atoms with Gasteiger partial charge in [-0.05, 0) is 0 Å². The topological polar surface area (TPSA) is 110 Å². The molecule has 1 rings (SSSR count). The first kappa shape index (κ1) is 13.5. The molecule has 94 valence electrons. The van der Waals surface area contributed by atoms with Crippen LogP contribution < -0.4 is 5.56 Å².